The van der Waals surface area contributed by atoms with Crippen molar-refractivity contribution in [3.8, 4) is 0 Å². The molecule has 0 saturated heterocycles. The molecule has 0 fully saturated rings. The van der Waals surface area contributed by atoms with Gasteiger partial charge in [0.2, 0.25) is 11.5 Å². The van der Waals surface area contributed by atoms with Gasteiger partial charge in [-0.3, -0.25) is 9.59 Å². The molecule has 0 unspecified atom stereocenters. The molecule has 1 amide bonds. The molecular formula is C16H18N2O2. The van der Waals surface area contributed by atoms with Crippen LogP contribution < -0.4 is 10.9 Å². The second kappa shape index (κ2) is 6.19. The number of aromatic nitrogens is 1. The summed E-state index contributed by atoms with van der Waals surface area (Å²) in [5.41, 5.74) is 2.90. The minimum Gasteiger partial charge on any atom is -0.325 e. The molecule has 0 bridgehead atoms. The van der Waals surface area contributed by atoms with Crippen molar-refractivity contribution in [2.24, 2.45) is 7.05 Å². The molecule has 2 aromatic rings. The molecular weight excluding hydrogens is 252 g/mol. The Kier molecular flexibility index (Phi) is 4.35. The Bertz CT molecular complexity index is 657. The van der Waals surface area contributed by atoms with E-state index in [4.69, 9.17) is 0 Å². The maximum absolute atomic E-state index is 11.9. The maximum Gasteiger partial charge on any atom is 0.250 e. The largest absolute Gasteiger partial charge is 0.325 e. The van der Waals surface area contributed by atoms with E-state index >= 15 is 0 Å². The van der Waals surface area contributed by atoms with Gasteiger partial charge in [-0.05, 0) is 25.0 Å². The van der Waals surface area contributed by atoms with Gasteiger partial charge in [-0.2, -0.15) is 0 Å². The zero-order valence-electron chi connectivity index (χ0n) is 11.7. The quantitative estimate of drug-likeness (QED) is 0.926. The van der Waals surface area contributed by atoms with Crippen molar-refractivity contribution < 1.29 is 4.79 Å². The van der Waals surface area contributed by atoms with Crippen LogP contribution in [0.15, 0.2) is 47.4 Å². The minimum atomic E-state index is -0.0948. The van der Waals surface area contributed by atoms with E-state index in [-0.39, 0.29) is 11.5 Å². The van der Waals surface area contributed by atoms with Gasteiger partial charge in [-0.25, -0.2) is 0 Å². The summed E-state index contributed by atoms with van der Waals surface area (Å²) in [6.45, 7) is 2.04. The SMILES string of the molecule is Cc1ccc(CCC(=O)Nc2ccc(=O)n(C)c2)cc1. The van der Waals surface area contributed by atoms with Crippen LogP contribution in [0.3, 0.4) is 0 Å². The van der Waals surface area contributed by atoms with Gasteiger partial charge in [0.25, 0.3) is 0 Å². The number of amides is 1. The lowest BCUT2D eigenvalue weighted by atomic mass is 10.1. The Morgan fingerprint density at radius 2 is 1.85 bits per heavy atom. The number of carbonyl (C=O) groups excluding carboxylic acids is 1. The Morgan fingerprint density at radius 3 is 2.50 bits per heavy atom. The van der Waals surface area contributed by atoms with E-state index in [0.29, 0.717) is 18.5 Å². The van der Waals surface area contributed by atoms with Crippen LogP contribution in [0.25, 0.3) is 0 Å². The minimum absolute atomic E-state index is 0.0516. The molecule has 4 heteroatoms. The van der Waals surface area contributed by atoms with Gasteiger partial charge in [0.05, 0.1) is 5.69 Å². The monoisotopic (exact) mass is 270 g/mol. The normalized spacial score (nSPS) is 10.3. The molecule has 0 aliphatic rings. The molecule has 104 valence electrons. The van der Waals surface area contributed by atoms with Crippen molar-refractivity contribution >= 4 is 11.6 Å². The average molecular weight is 270 g/mol. The number of rotatable bonds is 4. The summed E-state index contributed by atoms with van der Waals surface area (Å²) in [5.74, 6) is -0.0516. The highest BCUT2D eigenvalue weighted by Crippen LogP contribution is 2.08. The van der Waals surface area contributed by atoms with Crippen molar-refractivity contribution in [3.05, 3.63) is 64.1 Å². The molecule has 0 aliphatic heterocycles. The Morgan fingerprint density at radius 1 is 1.15 bits per heavy atom. The second-order valence-electron chi connectivity index (χ2n) is 4.90. The molecule has 4 nitrogen and oxygen atoms in total. The molecule has 20 heavy (non-hydrogen) atoms. The van der Waals surface area contributed by atoms with Crippen molar-refractivity contribution in [1.82, 2.24) is 4.57 Å². The van der Waals surface area contributed by atoms with Crippen LogP contribution >= 0.6 is 0 Å². The van der Waals surface area contributed by atoms with E-state index < -0.39 is 0 Å². The third-order valence-corrected chi connectivity index (χ3v) is 3.13. The first-order valence-electron chi connectivity index (χ1n) is 6.57. The summed E-state index contributed by atoms with van der Waals surface area (Å²) in [6, 6.07) is 11.2. The van der Waals surface area contributed by atoms with Crippen LogP contribution in [0.4, 0.5) is 5.69 Å². The lowest BCUT2D eigenvalue weighted by Crippen LogP contribution is -2.18. The third kappa shape index (κ3) is 3.82. The fourth-order valence-electron chi connectivity index (χ4n) is 1.90. The number of pyridine rings is 1. The first-order chi connectivity index (χ1) is 9.54. The number of benzene rings is 1. The van der Waals surface area contributed by atoms with Crippen LogP contribution in [0, 0.1) is 6.92 Å². The fourth-order valence-corrected chi connectivity index (χ4v) is 1.90. The average Bonchev–Trinajstić information content (AvgIpc) is 2.42. The molecule has 1 N–H and O–H groups in total. The van der Waals surface area contributed by atoms with Crippen molar-refractivity contribution in [1.29, 1.82) is 0 Å². The van der Waals surface area contributed by atoms with Crippen molar-refractivity contribution in [2.45, 2.75) is 19.8 Å². The zero-order chi connectivity index (χ0) is 14.5. The molecule has 1 heterocycles. The first kappa shape index (κ1) is 14.1. The number of nitrogens with one attached hydrogen (secondary N) is 1. The third-order valence-electron chi connectivity index (χ3n) is 3.13. The number of carbonyl (C=O) groups is 1. The standard InChI is InChI=1S/C16H18N2O2/c1-12-3-5-13(6-4-12)7-9-15(19)17-14-8-10-16(20)18(2)11-14/h3-6,8,10-11H,7,9H2,1-2H3,(H,17,19). The highest BCUT2D eigenvalue weighted by Gasteiger charge is 2.04. The van der Waals surface area contributed by atoms with E-state index in [1.165, 1.54) is 16.2 Å². The molecule has 0 radical (unpaired) electrons. The molecule has 2 rings (SSSR count). The summed E-state index contributed by atoms with van der Waals surface area (Å²) in [7, 11) is 1.66. The van der Waals surface area contributed by atoms with Crippen LogP contribution in [0.2, 0.25) is 0 Å². The van der Waals surface area contributed by atoms with Crippen molar-refractivity contribution in [3.63, 3.8) is 0 Å². The number of hydrogen-bond acceptors (Lipinski definition) is 2. The molecule has 0 atom stereocenters. The maximum atomic E-state index is 11.9. The summed E-state index contributed by atoms with van der Waals surface area (Å²) in [5, 5.41) is 2.79. The second-order valence-corrected chi connectivity index (χ2v) is 4.90. The summed E-state index contributed by atoms with van der Waals surface area (Å²) in [4.78, 5) is 23.1. The smallest absolute Gasteiger partial charge is 0.250 e. The van der Waals surface area contributed by atoms with Gasteiger partial charge in [0.1, 0.15) is 0 Å². The highest BCUT2D eigenvalue weighted by molar-refractivity contribution is 5.90. The summed E-state index contributed by atoms with van der Waals surface area (Å²) >= 11 is 0. The van der Waals surface area contributed by atoms with Crippen molar-refractivity contribution in [2.75, 3.05) is 5.32 Å². The molecule has 0 spiro atoms. The van der Waals surface area contributed by atoms with E-state index in [1.807, 2.05) is 31.2 Å². The topological polar surface area (TPSA) is 51.1 Å². The van der Waals surface area contributed by atoms with Gasteiger partial charge < -0.3 is 9.88 Å². The Labute approximate surface area is 118 Å². The highest BCUT2D eigenvalue weighted by atomic mass is 16.1. The predicted octanol–water partition coefficient (Wildman–Crippen LogP) is 2.27. The van der Waals surface area contributed by atoms with Crippen LogP contribution in [0.5, 0.6) is 0 Å². The lowest BCUT2D eigenvalue weighted by Gasteiger charge is -2.06. The number of nitrogens with zero attached hydrogens (tertiary/aromatic N) is 1. The van der Waals surface area contributed by atoms with Gasteiger partial charge in [-0.15, -0.1) is 0 Å². The van der Waals surface area contributed by atoms with E-state index in [0.717, 1.165) is 5.56 Å². The van der Waals surface area contributed by atoms with Gasteiger partial charge in [-0.1, -0.05) is 29.8 Å². The van der Waals surface area contributed by atoms with Gasteiger partial charge in [0.15, 0.2) is 0 Å². The Hall–Kier alpha value is -2.36. The van der Waals surface area contributed by atoms with Crippen LogP contribution in [0.1, 0.15) is 17.5 Å². The predicted molar refractivity (Wildman–Crippen MR) is 79.8 cm³/mol. The van der Waals surface area contributed by atoms with Gasteiger partial charge >= 0.3 is 0 Å². The molecule has 1 aromatic carbocycles. The first-order valence-corrected chi connectivity index (χ1v) is 6.57. The Balaban J connectivity index is 1.90. The number of anilines is 1. The summed E-state index contributed by atoms with van der Waals surface area (Å²) < 4.78 is 1.44. The van der Waals surface area contributed by atoms with Crippen LogP contribution in [-0.4, -0.2) is 10.5 Å². The molecule has 0 aliphatic carbocycles. The molecule has 1 aromatic heterocycles. The summed E-state index contributed by atoms with van der Waals surface area (Å²) in [6.07, 6.45) is 2.75. The number of aryl methyl sites for hydroxylation is 3. The fraction of sp³-hybridized carbons (Fsp3) is 0.250. The van der Waals surface area contributed by atoms with E-state index in [1.54, 1.807) is 19.3 Å². The van der Waals surface area contributed by atoms with Gasteiger partial charge in [0, 0.05) is 25.7 Å². The van der Waals surface area contributed by atoms with E-state index in [2.05, 4.69) is 5.32 Å². The zero-order valence-corrected chi connectivity index (χ0v) is 11.7. The van der Waals surface area contributed by atoms with E-state index in [9.17, 15) is 9.59 Å². The lowest BCUT2D eigenvalue weighted by molar-refractivity contribution is -0.116. The molecule has 0 saturated carbocycles. The van der Waals surface area contributed by atoms with Crippen LogP contribution in [-0.2, 0) is 18.3 Å². The number of hydrogen-bond donors (Lipinski definition) is 1.